The maximum atomic E-state index is 12.5. The number of hydrogen-bond donors (Lipinski definition) is 1. The quantitative estimate of drug-likeness (QED) is 0.599. The fourth-order valence-electron chi connectivity index (χ4n) is 2.52. The number of ether oxygens (including phenoxy) is 1. The molecule has 0 aliphatic carbocycles. The molecule has 1 aliphatic heterocycles. The van der Waals surface area contributed by atoms with Gasteiger partial charge in [-0.1, -0.05) is 6.07 Å². The van der Waals surface area contributed by atoms with Gasteiger partial charge >= 0.3 is 5.69 Å². The van der Waals surface area contributed by atoms with Crippen molar-refractivity contribution in [3.8, 4) is 5.88 Å². The predicted octanol–water partition coefficient (Wildman–Crippen LogP) is 1.26. The van der Waals surface area contributed by atoms with E-state index in [1.165, 1.54) is 15.6 Å². The number of sulfonamides is 1. The third kappa shape index (κ3) is 3.55. The van der Waals surface area contributed by atoms with Gasteiger partial charge in [0.2, 0.25) is 5.82 Å². The van der Waals surface area contributed by atoms with Crippen LogP contribution in [0.15, 0.2) is 28.0 Å². The number of nitro groups is 1. The van der Waals surface area contributed by atoms with Gasteiger partial charge in [0.15, 0.2) is 0 Å². The second-order valence-electron chi connectivity index (χ2n) is 5.32. The molecule has 2 aromatic rings. The Kier molecular flexibility index (Phi) is 4.83. The molecule has 0 unspecified atom stereocenters. The molecule has 0 saturated carbocycles. The number of thiophene rings is 1. The zero-order valence-electron chi connectivity index (χ0n) is 12.9. The van der Waals surface area contributed by atoms with Gasteiger partial charge in [-0.3, -0.25) is 10.1 Å². The molecule has 3 heterocycles. The van der Waals surface area contributed by atoms with Crippen molar-refractivity contribution in [2.75, 3.05) is 18.8 Å². The average molecular weight is 385 g/mol. The molecule has 1 aliphatic rings. The van der Waals surface area contributed by atoms with E-state index in [9.17, 15) is 18.5 Å². The smallest absolute Gasteiger partial charge is 0.372 e. The van der Waals surface area contributed by atoms with Crippen molar-refractivity contribution in [3.05, 3.63) is 34.0 Å². The standard InChI is InChI=1S/C13H15N5O5S2/c14-12-11(18(19)20)13(16-8-15-12)23-9-3-5-17(6-4-9)25(21,22)10-2-1-7-24-10/h1-2,7-9H,3-6H2,(H2,14,15,16). The van der Waals surface area contributed by atoms with Crippen LogP contribution in [0.25, 0.3) is 0 Å². The highest BCUT2D eigenvalue weighted by molar-refractivity contribution is 7.91. The summed E-state index contributed by atoms with van der Waals surface area (Å²) in [7, 11) is -3.50. The van der Waals surface area contributed by atoms with Crippen molar-refractivity contribution in [3.63, 3.8) is 0 Å². The number of nitrogens with two attached hydrogens (primary N) is 1. The lowest BCUT2D eigenvalue weighted by Crippen LogP contribution is -2.41. The van der Waals surface area contributed by atoms with Crippen molar-refractivity contribution in [1.29, 1.82) is 0 Å². The van der Waals surface area contributed by atoms with E-state index in [4.69, 9.17) is 10.5 Å². The van der Waals surface area contributed by atoms with Crippen LogP contribution in [0.3, 0.4) is 0 Å². The van der Waals surface area contributed by atoms with Gasteiger partial charge in [-0.15, -0.1) is 11.3 Å². The Morgan fingerprint density at radius 1 is 1.36 bits per heavy atom. The van der Waals surface area contributed by atoms with Crippen LogP contribution >= 0.6 is 11.3 Å². The Morgan fingerprint density at radius 3 is 2.68 bits per heavy atom. The van der Waals surface area contributed by atoms with Gasteiger partial charge in [-0.25, -0.2) is 13.4 Å². The summed E-state index contributed by atoms with van der Waals surface area (Å²) in [6.07, 6.45) is 1.49. The van der Waals surface area contributed by atoms with E-state index in [1.54, 1.807) is 17.5 Å². The summed E-state index contributed by atoms with van der Waals surface area (Å²) in [6.45, 7) is 0.526. The van der Waals surface area contributed by atoms with Crippen molar-refractivity contribution < 1.29 is 18.1 Å². The molecule has 0 radical (unpaired) electrons. The van der Waals surface area contributed by atoms with Gasteiger partial charge < -0.3 is 10.5 Å². The van der Waals surface area contributed by atoms with Gasteiger partial charge in [0.1, 0.15) is 16.6 Å². The van der Waals surface area contributed by atoms with E-state index in [-0.39, 0.29) is 30.9 Å². The number of nitrogen functional groups attached to an aromatic ring is 1. The molecule has 25 heavy (non-hydrogen) atoms. The third-order valence-corrected chi connectivity index (χ3v) is 7.04. The molecule has 1 fully saturated rings. The summed E-state index contributed by atoms with van der Waals surface area (Å²) in [6, 6.07) is 3.25. The Bertz CT molecular complexity index is 863. The van der Waals surface area contributed by atoms with E-state index >= 15 is 0 Å². The van der Waals surface area contributed by atoms with Crippen LogP contribution < -0.4 is 10.5 Å². The van der Waals surface area contributed by atoms with Gasteiger partial charge in [-0.05, 0) is 24.3 Å². The fraction of sp³-hybridized carbons (Fsp3) is 0.385. The monoisotopic (exact) mass is 385 g/mol. The highest BCUT2D eigenvalue weighted by Crippen LogP contribution is 2.31. The van der Waals surface area contributed by atoms with Crippen LogP contribution in [0.2, 0.25) is 0 Å². The Labute approximate surface area is 147 Å². The van der Waals surface area contributed by atoms with Gasteiger partial charge in [0.25, 0.3) is 15.9 Å². The first-order valence-corrected chi connectivity index (χ1v) is 9.66. The van der Waals surface area contributed by atoms with E-state index in [0.29, 0.717) is 17.1 Å². The van der Waals surface area contributed by atoms with E-state index in [1.807, 2.05) is 0 Å². The molecule has 2 aromatic heterocycles. The molecule has 0 spiro atoms. The molecule has 2 N–H and O–H groups in total. The molecule has 0 amide bonds. The minimum atomic E-state index is -3.50. The zero-order chi connectivity index (χ0) is 18.0. The number of hydrogen-bond acceptors (Lipinski definition) is 9. The molecule has 3 rings (SSSR count). The van der Waals surface area contributed by atoms with Crippen molar-refractivity contribution >= 4 is 32.9 Å². The molecular formula is C13H15N5O5S2. The lowest BCUT2D eigenvalue weighted by molar-refractivity contribution is -0.385. The highest BCUT2D eigenvalue weighted by Gasteiger charge is 2.32. The molecular weight excluding hydrogens is 370 g/mol. The molecule has 12 heteroatoms. The Morgan fingerprint density at radius 2 is 2.08 bits per heavy atom. The number of piperidine rings is 1. The maximum Gasteiger partial charge on any atom is 0.372 e. The van der Waals surface area contributed by atoms with Crippen LogP contribution in [-0.2, 0) is 10.0 Å². The van der Waals surface area contributed by atoms with E-state index in [0.717, 1.165) is 6.33 Å². The van der Waals surface area contributed by atoms with Gasteiger partial charge in [0, 0.05) is 13.1 Å². The van der Waals surface area contributed by atoms with Gasteiger partial charge in [-0.2, -0.15) is 9.29 Å². The molecule has 1 saturated heterocycles. The summed E-state index contributed by atoms with van der Waals surface area (Å²) in [5.41, 5.74) is 5.03. The van der Waals surface area contributed by atoms with Crippen LogP contribution in [0.5, 0.6) is 5.88 Å². The van der Waals surface area contributed by atoms with Crippen molar-refractivity contribution in [1.82, 2.24) is 14.3 Å². The maximum absolute atomic E-state index is 12.5. The van der Waals surface area contributed by atoms with Crippen LogP contribution in [0.4, 0.5) is 11.5 Å². The number of aromatic nitrogens is 2. The number of nitrogens with zero attached hydrogens (tertiary/aromatic N) is 4. The molecule has 10 nitrogen and oxygen atoms in total. The lowest BCUT2D eigenvalue weighted by atomic mass is 10.1. The Balaban J connectivity index is 1.68. The zero-order valence-corrected chi connectivity index (χ0v) is 14.6. The summed E-state index contributed by atoms with van der Waals surface area (Å²) >= 11 is 1.17. The second-order valence-corrected chi connectivity index (χ2v) is 8.44. The SMILES string of the molecule is Nc1ncnc(OC2CCN(S(=O)(=O)c3cccs3)CC2)c1[N+](=O)[O-]. The average Bonchev–Trinajstić information content (AvgIpc) is 3.10. The minimum absolute atomic E-state index is 0.197. The summed E-state index contributed by atoms with van der Waals surface area (Å²) in [4.78, 5) is 17.7. The van der Waals surface area contributed by atoms with Crippen molar-refractivity contribution in [2.24, 2.45) is 0 Å². The summed E-state index contributed by atoms with van der Waals surface area (Å²) < 4.78 is 32.2. The van der Waals surface area contributed by atoms with Crippen LogP contribution in [-0.4, -0.2) is 46.8 Å². The Hall–Kier alpha value is -2.31. The van der Waals surface area contributed by atoms with Crippen LogP contribution in [0, 0.1) is 10.1 Å². The molecule has 0 bridgehead atoms. The van der Waals surface area contributed by atoms with E-state index < -0.39 is 20.6 Å². The normalized spacial score (nSPS) is 16.6. The first-order chi connectivity index (χ1) is 11.9. The second kappa shape index (κ2) is 6.90. The molecule has 0 aromatic carbocycles. The largest absolute Gasteiger partial charge is 0.469 e. The number of rotatable bonds is 5. The van der Waals surface area contributed by atoms with E-state index in [2.05, 4.69) is 9.97 Å². The van der Waals surface area contributed by atoms with Crippen molar-refractivity contribution in [2.45, 2.75) is 23.2 Å². The van der Waals surface area contributed by atoms with Crippen LogP contribution in [0.1, 0.15) is 12.8 Å². The topological polar surface area (TPSA) is 142 Å². The van der Waals surface area contributed by atoms with Gasteiger partial charge in [0.05, 0.1) is 4.92 Å². The fourth-order valence-corrected chi connectivity index (χ4v) is 5.13. The first-order valence-electron chi connectivity index (χ1n) is 7.35. The summed E-state index contributed by atoms with van der Waals surface area (Å²) in [5, 5.41) is 12.8. The summed E-state index contributed by atoms with van der Waals surface area (Å²) in [5.74, 6) is -0.468. The third-order valence-electron chi connectivity index (χ3n) is 3.77. The predicted molar refractivity (Wildman–Crippen MR) is 89.8 cm³/mol. The minimum Gasteiger partial charge on any atom is -0.469 e. The molecule has 134 valence electrons. The lowest BCUT2D eigenvalue weighted by Gasteiger charge is -2.30. The highest BCUT2D eigenvalue weighted by atomic mass is 32.2. The number of anilines is 1. The molecule has 0 atom stereocenters. The first kappa shape index (κ1) is 17.5.